The molecule has 0 aliphatic carbocycles. The first-order valence-corrected chi connectivity index (χ1v) is 6.12. The molecule has 0 aliphatic heterocycles. The molecule has 1 unspecified atom stereocenters. The Morgan fingerprint density at radius 3 is 2.41 bits per heavy atom. The van der Waals surface area contributed by atoms with Gasteiger partial charge in [0, 0.05) is 6.54 Å². The number of likely N-dealkylation sites (N-methyl/N-ethyl adjacent to an activating group) is 1. The molecule has 3 heteroatoms. The lowest BCUT2D eigenvalue weighted by Gasteiger charge is -2.17. The monoisotopic (exact) mass is 234 g/mol. The molecule has 1 rings (SSSR count). The Morgan fingerprint density at radius 2 is 1.88 bits per heavy atom. The van der Waals surface area contributed by atoms with Crippen LogP contribution in [0.1, 0.15) is 25.8 Å². The van der Waals surface area contributed by atoms with E-state index in [4.69, 9.17) is 0 Å². The smallest absolute Gasteiger partial charge is 0.237 e. The van der Waals surface area contributed by atoms with E-state index in [2.05, 4.69) is 24.5 Å². The summed E-state index contributed by atoms with van der Waals surface area (Å²) in [5.74, 6) is 0.583. The zero-order chi connectivity index (χ0) is 12.7. The van der Waals surface area contributed by atoms with E-state index >= 15 is 0 Å². The number of hydrogen-bond donors (Lipinski definition) is 2. The number of rotatable bonds is 6. The van der Waals surface area contributed by atoms with Gasteiger partial charge in [0.25, 0.3) is 0 Å². The molecule has 0 saturated carbocycles. The summed E-state index contributed by atoms with van der Waals surface area (Å²) >= 11 is 0. The maximum Gasteiger partial charge on any atom is 0.237 e. The largest absolute Gasteiger partial charge is 0.351 e. The van der Waals surface area contributed by atoms with E-state index in [0.717, 1.165) is 12.0 Å². The van der Waals surface area contributed by atoms with Crippen molar-refractivity contribution in [2.45, 2.75) is 32.9 Å². The molecule has 94 valence electrons. The van der Waals surface area contributed by atoms with Crippen molar-refractivity contribution in [2.75, 3.05) is 7.05 Å². The zero-order valence-electron chi connectivity index (χ0n) is 10.9. The quantitative estimate of drug-likeness (QED) is 0.789. The Bertz CT molecular complexity index is 335. The predicted octanol–water partition coefficient (Wildman–Crippen LogP) is 1.94. The Morgan fingerprint density at radius 1 is 1.24 bits per heavy atom. The first-order valence-electron chi connectivity index (χ1n) is 6.12. The van der Waals surface area contributed by atoms with Gasteiger partial charge in [-0.05, 0) is 24.9 Å². The molecular formula is C14H22N2O. The number of carbonyl (C=O) groups excluding carboxylic acids is 1. The Labute approximate surface area is 104 Å². The van der Waals surface area contributed by atoms with Crippen LogP contribution in [0.4, 0.5) is 0 Å². The van der Waals surface area contributed by atoms with Gasteiger partial charge in [-0.1, -0.05) is 44.2 Å². The molecule has 17 heavy (non-hydrogen) atoms. The van der Waals surface area contributed by atoms with Crippen LogP contribution in [0, 0.1) is 5.92 Å². The summed E-state index contributed by atoms with van der Waals surface area (Å²) in [6.07, 6.45) is 0.858. The van der Waals surface area contributed by atoms with Gasteiger partial charge in [-0.25, -0.2) is 0 Å². The molecular weight excluding hydrogens is 212 g/mol. The van der Waals surface area contributed by atoms with E-state index in [9.17, 15) is 4.79 Å². The van der Waals surface area contributed by atoms with Gasteiger partial charge in [0.2, 0.25) is 5.91 Å². The summed E-state index contributed by atoms with van der Waals surface area (Å²) < 4.78 is 0. The van der Waals surface area contributed by atoms with Gasteiger partial charge in [-0.2, -0.15) is 0 Å². The highest BCUT2D eigenvalue weighted by Gasteiger charge is 2.16. The summed E-state index contributed by atoms with van der Waals surface area (Å²) in [6.45, 7) is 4.83. The van der Waals surface area contributed by atoms with Crippen LogP contribution < -0.4 is 10.6 Å². The molecule has 1 aromatic carbocycles. The number of carbonyl (C=O) groups is 1. The highest BCUT2D eigenvalue weighted by Crippen LogP contribution is 2.05. The van der Waals surface area contributed by atoms with Crippen molar-refractivity contribution in [2.24, 2.45) is 5.92 Å². The second kappa shape index (κ2) is 7.07. The second-order valence-corrected chi connectivity index (χ2v) is 4.67. The topological polar surface area (TPSA) is 41.1 Å². The molecule has 0 aromatic heterocycles. The summed E-state index contributed by atoms with van der Waals surface area (Å²) in [4.78, 5) is 11.9. The number of hydrogen-bond acceptors (Lipinski definition) is 2. The van der Waals surface area contributed by atoms with Gasteiger partial charge in [-0.15, -0.1) is 0 Å². The molecule has 0 saturated heterocycles. The van der Waals surface area contributed by atoms with E-state index in [-0.39, 0.29) is 11.9 Å². The third kappa shape index (κ3) is 5.00. The third-order valence-electron chi connectivity index (χ3n) is 2.68. The first kappa shape index (κ1) is 13.7. The molecule has 1 amide bonds. The fourth-order valence-electron chi connectivity index (χ4n) is 1.74. The van der Waals surface area contributed by atoms with Gasteiger partial charge in [-0.3, -0.25) is 4.79 Å². The van der Waals surface area contributed by atoms with Gasteiger partial charge < -0.3 is 10.6 Å². The molecule has 0 fully saturated rings. The summed E-state index contributed by atoms with van der Waals surface area (Å²) in [7, 11) is 1.83. The average molecular weight is 234 g/mol. The van der Waals surface area contributed by atoms with Crippen molar-refractivity contribution in [1.29, 1.82) is 0 Å². The van der Waals surface area contributed by atoms with Crippen molar-refractivity contribution in [3.05, 3.63) is 35.9 Å². The molecule has 1 aromatic rings. The van der Waals surface area contributed by atoms with Gasteiger partial charge >= 0.3 is 0 Å². The minimum absolute atomic E-state index is 0.0741. The van der Waals surface area contributed by atoms with Crippen molar-refractivity contribution in [3.63, 3.8) is 0 Å². The maximum absolute atomic E-state index is 11.9. The summed E-state index contributed by atoms with van der Waals surface area (Å²) in [6, 6.07) is 9.85. The minimum atomic E-state index is -0.0984. The van der Waals surface area contributed by atoms with Crippen LogP contribution in [-0.2, 0) is 11.3 Å². The fraction of sp³-hybridized carbons (Fsp3) is 0.500. The van der Waals surface area contributed by atoms with Gasteiger partial charge in [0.15, 0.2) is 0 Å². The molecule has 0 spiro atoms. The maximum atomic E-state index is 11.9. The van der Waals surface area contributed by atoms with Crippen LogP contribution in [0.2, 0.25) is 0 Å². The van der Waals surface area contributed by atoms with E-state index in [1.165, 1.54) is 0 Å². The molecule has 0 heterocycles. The number of nitrogens with one attached hydrogen (secondary N) is 2. The molecule has 0 radical (unpaired) electrons. The van der Waals surface area contributed by atoms with Crippen LogP contribution >= 0.6 is 0 Å². The first-order chi connectivity index (χ1) is 8.13. The van der Waals surface area contributed by atoms with Crippen LogP contribution in [0.25, 0.3) is 0 Å². The van der Waals surface area contributed by atoms with Gasteiger partial charge in [0.05, 0.1) is 6.04 Å². The predicted molar refractivity (Wildman–Crippen MR) is 70.6 cm³/mol. The molecule has 3 nitrogen and oxygen atoms in total. The van der Waals surface area contributed by atoms with E-state index in [0.29, 0.717) is 12.5 Å². The second-order valence-electron chi connectivity index (χ2n) is 4.67. The SMILES string of the molecule is CNC(CC(C)C)C(=O)NCc1ccccc1. The lowest BCUT2D eigenvalue weighted by atomic mass is 10.0. The van der Waals surface area contributed by atoms with Crippen LogP contribution in [-0.4, -0.2) is 19.0 Å². The van der Waals surface area contributed by atoms with Crippen LogP contribution in [0.15, 0.2) is 30.3 Å². The fourth-order valence-corrected chi connectivity index (χ4v) is 1.74. The summed E-state index contributed by atoms with van der Waals surface area (Å²) in [5, 5.41) is 6.01. The lowest BCUT2D eigenvalue weighted by molar-refractivity contribution is -0.123. The third-order valence-corrected chi connectivity index (χ3v) is 2.68. The van der Waals surface area contributed by atoms with E-state index in [1.54, 1.807) is 0 Å². The van der Waals surface area contributed by atoms with Crippen LogP contribution in [0.3, 0.4) is 0 Å². The molecule has 1 atom stereocenters. The Kier molecular flexibility index (Phi) is 5.70. The highest BCUT2D eigenvalue weighted by atomic mass is 16.2. The standard InChI is InChI=1S/C14H22N2O/c1-11(2)9-13(15-3)14(17)16-10-12-7-5-4-6-8-12/h4-8,11,13,15H,9-10H2,1-3H3,(H,16,17). The van der Waals surface area contributed by atoms with E-state index < -0.39 is 0 Å². The highest BCUT2D eigenvalue weighted by molar-refractivity contribution is 5.81. The molecule has 0 bridgehead atoms. The summed E-state index contributed by atoms with van der Waals surface area (Å²) in [5.41, 5.74) is 1.13. The number of benzene rings is 1. The van der Waals surface area contributed by atoms with E-state index in [1.807, 2.05) is 37.4 Å². The van der Waals surface area contributed by atoms with Crippen molar-refractivity contribution >= 4 is 5.91 Å². The average Bonchev–Trinajstić information content (AvgIpc) is 2.34. The zero-order valence-corrected chi connectivity index (χ0v) is 10.9. The van der Waals surface area contributed by atoms with Crippen molar-refractivity contribution in [1.82, 2.24) is 10.6 Å². The van der Waals surface area contributed by atoms with Crippen molar-refractivity contribution in [3.8, 4) is 0 Å². The molecule has 2 N–H and O–H groups in total. The Balaban J connectivity index is 2.42. The lowest BCUT2D eigenvalue weighted by Crippen LogP contribution is -2.43. The minimum Gasteiger partial charge on any atom is -0.351 e. The normalized spacial score (nSPS) is 12.5. The van der Waals surface area contributed by atoms with Crippen LogP contribution in [0.5, 0.6) is 0 Å². The molecule has 0 aliphatic rings. The van der Waals surface area contributed by atoms with Crippen molar-refractivity contribution < 1.29 is 4.79 Å². The number of amides is 1. The Hall–Kier alpha value is -1.35. The van der Waals surface area contributed by atoms with Gasteiger partial charge in [0.1, 0.15) is 0 Å².